The SMILES string of the molecule is CCOCCCc1nc2ccc([N+]3(NC(=O)O)CCC(NC(=O)Nc4ccccc4)CC3CCc3ccc(C(=N)N)cc3)cc2[nH]1. The molecule has 1 aliphatic rings. The highest BCUT2D eigenvalue weighted by molar-refractivity contribution is 5.94. The van der Waals surface area contributed by atoms with E-state index in [9.17, 15) is 14.7 Å². The summed E-state index contributed by atoms with van der Waals surface area (Å²) in [5.41, 5.74) is 13.4. The minimum atomic E-state index is -1.12. The standard InChI is InChI=1S/C34H42N8O4/c1-2-46-20-6-9-31-39-29-17-16-28(22-30(29)40-31)42(41-34(44)45)19-18-26(38-33(43)37-25-7-4-3-5-8-25)21-27(42)15-12-23-10-13-24(14-11-23)32(35)36/h3-5,7-8,10-11,13-14,16-17,22,26-27,41H,2,6,9,12,15,18-21H2,1H3,(H6-,35,36,37,38,39,40,43,44,45)/p+1. The molecule has 0 saturated carbocycles. The van der Waals surface area contributed by atoms with Gasteiger partial charge in [-0.15, -0.1) is 0 Å². The molecule has 0 bridgehead atoms. The minimum Gasteiger partial charge on any atom is -0.462 e. The molecule has 0 aliphatic carbocycles. The topological polar surface area (TPSA) is 178 Å². The molecule has 3 unspecified atom stereocenters. The maximum absolute atomic E-state index is 12.9. The maximum Gasteiger partial charge on any atom is 0.449 e. The number of nitrogens with one attached hydrogen (secondary N) is 5. The number of urea groups is 1. The Hall–Kier alpha value is -4.94. The summed E-state index contributed by atoms with van der Waals surface area (Å²) in [4.78, 5) is 33.5. The third kappa shape index (κ3) is 8.01. The number of H-pyrrole nitrogens is 1. The van der Waals surface area contributed by atoms with Gasteiger partial charge in [0.05, 0.1) is 11.0 Å². The number of nitrogen functional groups attached to an aromatic ring is 1. The number of amides is 3. The fraction of sp³-hybridized carbons (Fsp3) is 0.353. The second-order valence-electron chi connectivity index (χ2n) is 11.7. The molecular formula is C34H43N8O4+. The van der Waals surface area contributed by atoms with Gasteiger partial charge in [-0.3, -0.25) is 5.41 Å². The number of para-hydroxylation sites is 1. The van der Waals surface area contributed by atoms with E-state index in [1.54, 1.807) is 0 Å². The summed E-state index contributed by atoms with van der Waals surface area (Å²) in [5, 5.41) is 23.9. The van der Waals surface area contributed by atoms with Crippen molar-refractivity contribution in [1.29, 1.82) is 5.41 Å². The number of ether oxygens (including phenoxy) is 1. The molecule has 8 N–H and O–H groups in total. The van der Waals surface area contributed by atoms with E-state index in [1.165, 1.54) is 0 Å². The van der Waals surface area contributed by atoms with Crippen LogP contribution in [0, 0.1) is 5.41 Å². The number of carboxylic acid groups (broad SMARTS) is 1. The quantitative estimate of drug-likeness (QED) is 0.0458. The highest BCUT2D eigenvalue weighted by Gasteiger charge is 2.47. The average Bonchev–Trinajstić information content (AvgIpc) is 3.46. The van der Waals surface area contributed by atoms with Gasteiger partial charge in [0, 0.05) is 68.3 Å². The van der Waals surface area contributed by atoms with E-state index in [2.05, 4.69) is 21.0 Å². The number of fused-ring (bicyclic) bond motifs is 1. The van der Waals surface area contributed by atoms with Crippen molar-refractivity contribution in [3.8, 4) is 0 Å². The molecule has 4 aromatic rings. The van der Waals surface area contributed by atoms with Crippen LogP contribution in [0.2, 0.25) is 0 Å². The van der Waals surface area contributed by atoms with Crippen molar-refractivity contribution < 1.29 is 19.4 Å². The van der Waals surface area contributed by atoms with Gasteiger partial charge in [0.1, 0.15) is 24.2 Å². The second-order valence-corrected chi connectivity index (χ2v) is 11.7. The number of nitrogens with two attached hydrogens (primary N) is 1. The van der Waals surface area contributed by atoms with Crippen LogP contribution in [-0.4, -0.2) is 64.9 Å². The normalized spacial score (nSPS) is 19.4. The van der Waals surface area contributed by atoms with E-state index in [-0.39, 0.29) is 28.5 Å². The van der Waals surface area contributed by atoms with Gasteiger partial charge in [-0.2, -0.15) is 10.0 Å². The molecule has 1 saturated heterocycles. The predicted molar refractivity (Wildman–Crippen MR) is 180 cm³/mol. The number of hydrogen-bond acceptors (Lipinski definition) is 5. The number of hydrogen-bond donors (Lipinski definition) is 7. The molecule has 3 aromatic carbocycles. The molecule has 1 aromatic heterocycles. The van der Waals surface area contributed by atoms with Gasteiger partial charge in [0.2, 0.25) is 0 Å². The number of rotatable bonds is 13. The highest BCUT2D eigenvalue weighted by Crippen LogP contribution is 2.35. The molecule has 242 valence electrons. The second kappa shape index (κ2) is 14.9. The van der Waals surface area contributed by atoms with Crippen LogP contribution < -0.4 is 26.4 Å². The Labute approximate surface area is 268 Å². The van der Waals surface area contributed by atoms with Crippen LogP contribution >= 0.6 is 0 Å². The molecule has 3 amide bonds. The number of piperidine rings is 1. The summed E-state index contributed by atoms with van der Waals surface area (Å²) >= 11 is 0. The Morgan fingerprint density at radius 2 is 1.89 bits per heavy atom. The first-order valence-electron chi connectivity index (χ1n) is 15.8. The Balaban J connectivity index is 1.41. The van der Waals surface area contributed by atoms with Crippen LogP contribution in [-0.2, 0) is 17.6 Å². The molecule has 5 rings (SSSR count). The molecule has 12 heteroatoms. The summed E-state index contributed by atoms with van der Waals surface area (Å²) in [7, 11) is 0. The Kier molecular flexibility index (Phi) is 10.5. The van der Waals surface area contributed by atoms with Gasteiger partial charge >= 0.3 is 12.1 Å². The predicted octanol–water partition coefficient (Wildman–Crippen LogP) is 5.29. The third-order valence-electron chi connectivity index (χ3n) is 8.59. The first kappa shape index (κ1) is 32.5. The van der Waals surface area contributed by atoms with Crippen molar-refractivity contribution in [2.24, 2.45) is 5.73 Å². The summed E-state index contributed by atoms with van der Waals surface area (Å²) in [5.74, 6) is 0.872. The summed E-state index contributed by atoms with van der Waals surface area (Å²) in [6, 6.07) is 22.0. The zero-order chi connectivity index (χ0) is 32.5. The van der Waals surface area contributed by atoms with Gasteiger partial charge < -0.3 is 31.2 Å². The van der Waals surface area contributed by atoms with Crippen molar-refractivity contribution in [1.82, 2.24) is 25.3 Å². The van der Waals surface area contributed by atoms with Crippen molar-refractivity contribution >= 4 is 40.4 Å². The van der Waals surface area contributed by atoms with Crippen LogP contribution in [0.3, 0.4) is 0 Å². The van der Waals surface area contributed by atoms with Gasteiger partial charge in [0.25, 0.3) is 0 Å². The van der Waals surface area contributed by atoms with Crippen LogP contribution in [0.4, 0.5) is 21.0 Å². The smallest absolute Gasteiger partial charge is 0.449 e. The zero-order valence-electron chi connectivity index (χ0n) is 26.1. The van der Waals surface area contributed by atoms with E-state index >= 15 is 0 Å². The van der Waals surface area contributed by atoms with Crippen molar-refractivity contribution in [3.63, 3.8) is 0 Å². The maximum atomic E-state index is 12.9. The first-order valence-corrected chi connectivity index (χ1v) is 15.8. The third-order valence-corrected chi connectivity index (χ3v) is 8.59. The number of anilines is 1. The molecule has 2 heterocycles. The van der Waals surface area contributed by atoms with Crippen LogP contribution in [0.1, 0.15) is 49.6 Å². The number of carbonyl (C=O) groups is 2. The molecule has 46 heavy (non-hydrogen) atoms. The zero-order valence-corrected chi connectivity index (χ0v) is 26.1. The van der Waals surface area contributed by atoms with Crippen LogP contribution in [0.25, 0.3) is 11.0 Å². The van der Waals surface area contributed by atoms with Gasteiger partial charge in [-0.05, 0) is 43.5 Å². The van der Waals surface area contributed by atoms with Crippen LogP contribution in [0.15, 0.2) is 72.8 Å². The number of carbonyl (C=O) groups excluding carboxylic acids is 1. The number of quaternary nitrogens is 1. The number of imidazole rings is 1. The van der Waals surface area contributed by atoms with Crippen LogP contribution in [0.5, 0.6) is 0 Å². The molecule has 1 aliphatic heterocycles. The minimum absolute atomic E-state index is 0.00881. The first-order chi connectivity index (χ1) is 22.3. The Morgan fingerprint density at radius 3 is 2.61 bits per heavy atom. The van der Waals surface area contributed by atoms with Gasteiger partial charge in [0.15, 0.2) is 5.69 Å². The monoisotopic (exact) mass is 627 g/mol. The van der Waals surface area contributed by atoms with Crippen molar-refractivity contribution in [2.45, 2.75) is 57.5 Å². The number of benzene rings is 3. The lowest BCUT2D eigenvalue weighted by Gasteiger charge is -2.47. The lowest BCUT2D eigenvalue weighted by atomic mass is 9.90. The number of amidine groups is 1. The molecule has 12 nitrogen and oxygen atoms in total. The largest absolute Gasteiger partial charge is 0.462 e. The lowest BCUT2D eigenvalue weighted by molar-refractivity contribution is 0.0685. The molecular weight excluding hydrogens is 584 g/mol. The number of nitrogens with zero attached hydrogens (tertiary/aromatic N) is 2. The number of aryl methyl sites for hydroxylation is 2. The van der Waals surface area contributed by atoms with Gasteiger partial charge in [-0.1, -0.05) is 42.5 Å². The molecule has 3 atom stereocenters. The van der Waals surface area contributed by atoms with E-state index in [0.29, 0.717) is 56.7 Å². The number of aromatic nitrogens is 2. The lowest BCUT2D eigenvalue weighted by Crippen LogP contribution is -2.71. The van der Waals surface area contributed by atoms with Crippen molar-refractivity contribution in [3.05, 3.63) is 89.7 Å². The fourth-order valence-electron chi connectivity index (χ4n) is 6.32. The Morgan fingerprint density at radius 1 is 1.11 bits per heavy atom. The summed E-state index contributed by atoms with van der Waals surface area (Å²) < 4.78 is 5.49. The van der Waals surface area contributed by atoms with E-state index in [4.69, 9.17) is 20.9 Å². The van der Waals surface area contributed by atoms with Crippen molar-refractivity contribution in [2.75, 3.05) is 25.1 Å². The Bertz CT molecular complexity index is 1640. The molecule has 0 spiro atoms. The van der Waals surface area contributed by atoms with E-state index < -0.39 is 6.09 Å². The average molecular weight is 628 g/mol. The summed E-state index contributed by atoms with van der Waals surface area (Å²) in [6.45, 7) is 3.76. The molecule has 1 fully saturated rings. The van der Waals surface area contributed by atoms with E-state index in [1.807, 2.05) is 79.7 Å². The molecule has 0 radical (unpaired) electrons. The summed E-state index contributed by atoms with van der Waals surface area (Å²) in [6.07, 6.45) is 2.91. The fourth-order valence-corrected chi connectivity index (χ4v) is 6.32. The van der Waals surface area contributed by atoms with E-state index in [0.717, 1.165) is 41.0 Å². The highest BCUT2D eigenvalue weighted by atomic mass is 16.5. The number of aromatic amines is 1. The van der Waals surface area contributed by atoms with Gasteiger partial charge in [-0.25, -0.2) is 14.6 Å².